The average molecular weight is 178 g/mol. The number of fused-ring (bicyclic) bond motifs is 1. The van der Waals surface area contributed by atoms with Crippen LogP contribution in [0, 0.1) is 0 Å². The Kier molecular flexibility index (Phi) is 2.20. The lowest BCUT2D eigenvalue weighted by atomic mass is 10.0. The summed E-state index contributed by atoms with van der Waals surface area (Å²) < 4.78 is 5.16. The first-order valence-electron chi connectivity index (χ1n) is 4.45. The van der Waals surface area contributed by atoms with Crippen LogP contribution in [-0.2, 0) is 13.0 Å². The van der Waals surface area contributed by atoms with Gasteiger partial charge in [0.1, 0.15) is 5.75 Å². The molecular formula is C10H14N2O. The number of benzene rings is 1. The van der Waals surface area contributed by atoms with Gasteiger partial charge < -0.3 is 4.74 Å². The Morgan fingerprint density at radius 3 is 3.00 bits per heavy atom. The van der Waals surface area contributed by atoms with Crippen LogP contribution in [0.4, 0.5) is 0 Å². The van der Waals surface area contributed by atoms with Gasteiger partial charge in [-0.15, -0.1) is 0 Å². The zero-order valence-electron chi connectivity index (χ0n) is 7.79. The Morgan fingerprint density at radius 2 is 2.23 bits per heavy atom. The molecule has 2 N–H and O–H groups in total. The van der Waals surface area contributed by atoms with Crippen molar-refractivity contribution in [3.05, 3.63) is 29.3 Å². The van der Waals surface area contributed by atoms with E-state index in [0.717, 1.165) is 25.3 Å². The van der Waals surface area contributed by atoms with Crippen LogP contribution in [0.2, 0.25) is 0 Å². The van der Waals surface area contributed by atoms with Gasteiger partial charge in [0.05, 0.1) is 7.11 Å². The third-order valence-corrected chi connectivity index (χ3v) is 2.46. The predicted octanol–water partition coefficient (Wildman–Crippen LogP) is 0.927. The van der Waals surface area contributed by atoms with Crippen molar-refractivity contribution in [2.45, 2.75) is 13.0 Å². The second kappa shape index (κ2) is 3.36. The number of rotatable bonds is 1. The molecule has 3 heteroatoms. The van der Waals surface area contributed by atoms with Crippen molar-refractivity contribution in [1.29, 1.82) is 0 Å². The highest BCUT2D eigenvalue weighted by molar-refractivity contribution is 5.36. The monoisotopic (exact) mass is 178 g/mol. The van der Waals surface area contributed by atoms with E-state index in [1.807, 2.05) is 11.1 Å². The summed E-state index contributed by atoms with van der Waals surface area (Å²) in [5.41, 5.74) is 2.68. The minimum Gasteiger partial charge on any atom is -0.497 e. The van der Waals surface area contributed by atoms with Crippen LogP contribution < -0.4 is 10.6 Å². The summed E-state index contributed by atoms with van der Waals surface area (Å²) in [6.45, 7) is 1.77. The fourth-order valence-corrected chi connectivity index (χ4v) is 1.68. The summed E-state index contributed by atoms with van der Waals surface area (Å²) >= 11 is 0. The zero-order valence-corrected chi connectivity index (χ0v) is 7.79. The Bertz CT molecular complexity index is 312. The number of nitrogens with zero attached hydrogens (tertiary/aromatic N) is 1. The molecule has 0 amide bonds. The first-order chi connectivity index (χ1) is 6.29. The minimum atomic E-state index is 0.826. The third-order valence-electron chi connectivity index (χ3n) is 2.46. The minimum absolute atomic E-state index is 0.826. The standard InChI is InChI=1S/C10H14N2O/c1-13-10-3-2-8-4-5-12(11)7-9(8)6-10/h2-3,6H,4-5,7,11H2,1H3. The van der Waals surface area contributed by atoms with Crippen LogP contribution in [0.1, 0.15) is 11.1 Å². The summed E-state index contributed by atoms with van der Waals surface area (Å²) in [5.74, 6) is 6.64. The smallest absolute Gasteiger partial charge is 0.119 e. The summed E-state index contributed by atoms with van der Waals surface area (Å²) in [6, 6.07) is 6.19. The van der Waals surface area contributed by atoms with Crippen molar-refractivity contribution in [2.75, 3.05) is 13.7 Å². The molecule has 0 aliphatic carbocycles. The van der Waals surface area contributed by atoms with E-state index in [-0.39, 0.29) is 0 Å². The molecule has 0 atom stereocenters. The lowest BCUT2D eigenvalue weighted by Gasteiger charge is -2.24. The van der Waals surface area contributed by atoms with Crippen LogP contribution in [0.25, 0.3) is 0 Å². The second-order valence-electron chi connectivity index (χ2n) is 3.36. The molecule has 0 spiro atoms. The number of ether oxygens (including phenoxy) is 1. The summed E-state index contributed by atoms with van der Waals surface area (Å²) in [7, 11) is 1.69. The van der Waals surface area contributed by atoms with Crippen LogP contribution in [0.15, 0.2) is 18.2 Å². The molecule has 0 aromatic heterocycles. The number of hydrogen-bond donors (Lipinski definition) is 1. The molecule has 1 aromatic carbocycles. The first kappa shape index (κ1) is 8.53. The molecule has 1 aromatic rings. The van der Waals surface area contributed by atoms with E-state index in [1.165, 1.54) is 11.1 Å². The highest BCUT2D eigenvalue weighted by Gasteiger charge is 2.13. The molecule has 0 saturated heterocycles. The van der Waals surface area contributed by atoms with Crippen LogP contribution in [0.3, 0.4) is 0 Å². The van der Waals surface area contributed by atoms with Gasteiger partial charge >= 0.3 is 0 Å². The molecule has 0 unspecified atom stereocenters. The summed E-state index contributed by atoms with van der Waals surface area (Å²) in [5, 5.41) is 1.84. The van der Waals surface area contributed by atoms with E-state index in [1.54, 1.807) is 7.11 Å². The highest BCUT2D eigenvalue weighted by atomic mass is 16.5. The SMILES string of the molecule is COc1ccc2c(c1)CN(N)CC2. The molecule has 0 saturated carbocycles. The van der Waals surface area contributed by atoms with Crippen LogP contribution in [0.5, 0.6) is 5.75 Å². The van der Waals surface area contributed by atoms with E-state index < -0.39 is 0 Å². The number of hydrazine groups is 1. The average Bonchev–Trinajstić information content (AvgIpc) is 2.16. The summed E-state index contributed by atoms with van der Waals surface area (Å²) in [6.07, 6.45) is 1.04. The number of nitrogens with two attached hydrogens (primary N) is 1. The maximum Gasteiger partial charge on any atom is 0.119 e. The molecule has 1 aliphatic heterocycles. The fourth-order valence-electron chi connectivity index (χ4n) is 1.68. The van der Waals surface area contributed by atoms with Gasteiger partial charge in [-0.2, -0.15) is 0 Å². The lowest BCUT2D eigenvalue weighted by molar-refractivity contribution is 0.262. The van der Waals surface area contributed by atoms with E-state index >= 15 is 0 Å². The van der Waals surface area contributed by atoms with Crippen molar-refractivity contribution in [2.24, 2.45) is 5.84 Å². The normalized spacial score (nSPS) is 16.8. The van der Waals surface area contributed by atoms with Gasteiger partial charge in [-0.1, -0.05) is 6.07 Å². The molecule has 2 rings (SSSR count). The van der Waals surface area contributed by atoms with Gasteiger partial charge in [0, 0.05) is 13.1 Å². The Morgan fingerprint density at radius 1 is 1.38 bits per heavy atom. The first-order valence-corrected chi connectivity index (χ1v) is 4.45. The Hall–Kier alpha value is -1.06. The molecule has 3 nitrogen and oxygen atoms in total. The van der Waals surface area contributed by atoms with Crippen molar-refractivity contribution < 1.29 is 4.74 Å². The van der Waals surface area contributed by atoms with Gasteiger partial charge in [-0.05, 0) is 29.7 Å². The van der Waals surface area contributed by atoms with Gasteiger partial charge in [-0.3, -0.25) is 5.84 Å². The molecule has 1 heterocycles. The van der Waals surface area contributed by atoms with E-state index in [9.17, 15) is 0 Å². The topological polar surface area (TPSA) is 38.5 Å². The van der Waals surface area contributed by atoms with Crippen molar-refractivity contribution in [3.63, 3.8) is 0 Å². The van der Waals surface area contributed by atoms with Gasteiger partial charge in [-0.25, -0.2) is 5.01 Å². The van der Waals surface area contributed by atoms with Crippen LogP contribution in [-0.4, -0.2) is 18.7 Å². The third kappa shape index (κ3) is 1.66. The number of hydrogen-bond acceptors (Lipinski definition) is 3. The quantitative estimate of drug-likeness (QED) is 0.650. The van der Waals surface area contributed by atoms with Crippen molar-refractivity contribution in [3.8, 4) is 5.75 Å². The molecule has 0 bridgehead atoms. The Labute approximate surface area is 78.1 Å². The Balaban J connectivity index is 2.32. The maximum absolute atomic E-state index is 5.73. The van der Waals surface area contributed by atoms with E-state index in [2.05, 4.69) is 12.1 Å². The van der Waals surface area contributed by atoms with Gasteiger partial charge in [0.15, 0.2) is 0 Å². The highest BCUT2D eigenvalue weighted by Crippen LogP contribution is 2.22. The van der Waals surface area contributed by atoms with Crippen LogP contribution >= 0.6 is 0 Å². The molecular weight excluding hydrogens is 164 g/mol. The molecule has 0 radical (unpaired) electrons. The van der Waals surface area contributed by atoms with Crippen molar-refractivity contribution in [1.82, 2.24) is 5.01 Å². The summed E-state index contributed by atoms with van der Waals surface area (Å²) in [4.78, 5) is 0. The zero-order chi connectivity index (χ0) is 9.26. The van der Waals surface area contributed by atoms with Gasteiger partial charge in [0.25, 0.3) is 0 Å². The second-order valence-corrected chi connectivity index (χ2v) is 3.36. The largest absolute Gasteiger partial charge is 0.497 e. The maximum atomic E-state index is 5.73. The van der Waals surface area contributed by atoms with Gasteiger partial charge in [0.2, 0.25) is 0 Å². The van der Waals surface area contributed by atoms with E-state index in [0.29, 0.717) is 0 Å². The lowest BCUT2D eigenvalue weighted by Crippen LogP contribution is -2.36. The predicted molar refractivity (Wildman–Crippen MR) is 51.3 cm³/mol. The van der Waals surface area contributed by atoms with E-state index in [4.69, 9.17) is 10.6 Å². The molecule has 0 fully saturated rings. The molecule has 13 heavy (non-hydrogen) atoms. The van der Waals surface area contributed by atoms with Crippen molar-refractivity contribution >= 4 is 0 Å². The fraction of sp³-hybridized carbons (Fsp3) is 0.400. The number of methoxy groups -OCH3 is 1. The molecule has 70 valence electrons. The molecule has 1 aliphatic rings.